The van der Waals surface area contributed by atoms with Gasteiger partial charge in [-0.15, -0.1) is 12.4 Å². The summed E-state index contributed by atoms with van der Waals surface area (Å²) in [5, 5.41) is 5.99. The summed E-state index contributed by atoms with van der Waals surface area (Å²) in [6.45, 7) is 1.50. The number of halogens is 1. The molecule has 0 saturated carbocycles. The van der Waals surface area contributed by atoms with Crippen LogP contribution in [-0.4, -0.2) is 45.0 Å². The van der Waals surface area contributed by atoms with E-state index < -0.39 is 14.6 Å². The molecule has 0 unspecified atom stereocenters. The molecule has 152 valence electrons. The third-order valence-electron chi connectivity index (χ3n) is 5.27. The Morgan fingerprint density at radius 2 is 1.68 bits per heavy atom. The van der Waals surface area contributed by atoms with Gasteiger partial charge in [-0.1, -0.05) is 54.6 Å². The van der Waals surface area contributed by atoms with Gasteiger partial charge in [-0.2, -0.15) is 0 Å². The average molecular weight is 423 g/mol. The molecule has 0 atom stereocenters. The summed E-state index contributed by atoms with van der Waals surface area (Å²) in [4.78, 5) is 12.7. The summed E-state index contributed by atoms with van der Waals surface area (Å²) in [6.07, 6.45) is 2.47. The molecule has 28 heavy (non-hydrogen) atoms. The Labute approximate surface area is 173 Å². The average Bonchev–Trinajstić information content (AvgIpc) is 2.68. The van der Waals surface area contributed by atoms with Gasteiger partial charge in [0.2, 0.25) is 5.91 Å². The Kier molecular flexibility index (Phi) is 7.63. The minimum absolute atomic E-state index is 0. The van der Waals surface area contributed by atoms with Gasteiger partial charge in [-0.05, 0) is 49.0 Å². The van der Waals surface area contributed by atoms with E-state index in [0.29, 0.717) is 38.9 Å². The van der Waals surface area contributed by atoms with Crippen LogP contribution in [0.15, 0.2) is 54.6 Å². The second-order valence-electron chi connectivity index (χ2n) is 7.09. The molecule has 0 aliphatic carbocycles. The van der Waals surface area contributed by atoms with Gasteiger partial charge in [0.1, 0.15) is 0 Å². The van der Waals surface area contributed by atoms with E-state index in [4.69, 9.17) is 0 Å². The highest BCUT2D eigenvalue weighted by molar-refractivity contribution is 7.92. The fraction of sp³-hybridized carbons (Fsp3) is 0.381. The lowest BCUT2D eigenvalue weighted by molar-refractivity contribution is -0.124. The van der Waals surface area contributed by atoms with Crippen molar-refractivity contribution in [2.45, 2.75) is 24.0 Å². The molecular formula is C21H27ClN2O3S. The minimum atomic E-state index is -3.48. The Morgan fingerprint density at radius 3 is 2.32 bits per heavy atom. The van der Waals surface area contributed by atoms with Gasteiger partial charge in [0.25, 0.3) is 0 Å². The molecule has 7 heteroatoms. The second kappa shape index (κ2) is 9.54. The smallest absolute Gasteiger partial charge is 0.241 e. The van der Waals surface area contributed by atoms with Crippen LogP contribution in [0.1, 0.15) is 18.4 Å². The number of hydrogen-bond donors (Lipinski definition) is 2. The quantitative estimate of drug-likeness (QED) is 0.750. The van der Waals surface area contributed by atoms with Gasteiger partial charge >= 0.3 is 0 Å². The summed E-state index contributed by atoms with van der Waals surface area (Å²) in [5.74, 6) is -0.370. The van der Waals surface area contributed by atoms with E-state index in [0.717, 1.165) is 16.7 Å². The first-order valence-electron chi connectivity index (χ1n) is 9.25. The van der Waals surface area contributed by atoms with E-state index in [1.807, 2.05) is 30.3 Å². The van der Waals surface area contributed by atoms with Crippen molar-refractivity contribution in [2.75, 3.05) is 25.9 Å². The Hall–Kier alpha value is -1.89. The SMILES string of the molecule is CS(=O)(=O)C1(C(=O)NCCc2cccc(-c3ccccc3)c2)CCNCC1.Cl. The van der Waals surface area contributed by atoms with Crippen molar-refractivity contribution >= 4 is 28.2 Å². The van der Waals surface area contributed by atoms with Crippen molar-refractivity contribution in [2.24, 2.45) is 0 Å². The van der Waals surface area contributed by atoms with Crippen molar-refractivity contribution in [3.8, 4) is 11.1 Å². The van der Waals surface area contributed by atoms with Crippen LogP contribution < -0.4 is 10.6 Å². The second-order valence-corrected chi connectivity index (χ2v) is 9.41. The zero-order valence-electron chi connectivity index (χ0n) is 16.0. The Bertz CT molecular complexity index is 895. The highest BCUT2D eigenvalue weighted by Gasteiger charge is 2.48. The molecule has 1 heterocycles. The van der Waals surface area contributed by atoms with E-state index in [-0.39, 0.29) is 18.3 Å². The van der Waals surface area contributed by atoms with Gasteiger partial charge in [-0.25, -0.2) is 8.42 Å². The molecule has 1 fully saturated rings. The number of benzene rings is 2. The maximum Gasteiger partial charge on any atom is 0.241 e. The molecule has 0 aromatic heterocycles. The maximum absolute atomic E-state index is 12.7. The number of carbonyl (C=O) groups is 1. The third kappa shape index (κ3) is 4.93. The number of amides is 1. The van der Waals surface area contributed by atoms with Gasteiger partial charge < -0.3 is 10.6 Å². The predicted molar refractivity (Wildman–Crippen MR) is 116 cm³/mol. The largest absolute Gasteiger partial charge is 0.354 e. The van der Waals surface area contributed by atoms with Crippen LogP contribution >= 0.6 is 12.4 Å². The third-order valence-corrected chi connectivity index (χ3v) is 7.28. The molecule has 1 amide bonds. The molecule has 3 rings (SSSR count). The Morgan fingerprint density at radius 1 is 1.04 bits per heavy atom. The van der Waals surface area contributed by atoms with E-state index >= 15 is 0 Å². The van der Waals surface area contributed by atoms with Gasteiger partial charge in [0.15, 0.2) is 14.6 Å². The standard InChI is InChI=1S/C21H26N2O3S.ClH/c1-27(25,26)21(11-14-22-15-12-21)20(24)23-13-10-17-6-5-9-19(16-17)18-7-3-2-4-8-18;/h2-9,16,22H,10-15H2,1H3,(H,23,24);1H. The first kappa shape index (κ1) is 22.4. The van der Waals surface area contributed by atoms with Gasteiger partial charge in [-0.3, -0.25) is 4.79 Å². The van der Waals surface area contributed by atoms with Crippen LogP contribution in [0.4, 0.5) is 0 Å². The molecule has 2 aromatic rings. The molecule has 2 N–H and O–H groups in total. The van der Waals surface area contributed by atoms with Crippen molar-refractivity contribution in [1.82, 2.24) is 10.6 Å². The number of rotatable bonds is 6. The normalized spacial score (nSPS) is 16.0. The zero-order valence-corrected chi connectivity index (χ0v) is 17.6. The topological polar surface area (TPSA) is 75.3 Å². The van der Waals surface area contributed by atoms with Crippen LogP contribution in [0.2, 0.25) is 0 Å². The summed E-state index contributed by atoms with van der Waals surface area (Å²) >= 11 is 0. The lowest BCUT2D eigenvalue weighted by Gasteiger charge is -2.34. The van der Waals surface area contributed by atoms with Crippen LogP contribution in [0.3, 0.4) is 0 Å². The molecular weight excluding hydrogens is 396 g/mol. The van der Waals surface area contributed by atoms with Crippen LogP contribution in [-0.2, 0) is 21.1 Å². The summed E-state index contributed by atoms with van der Waals surface area (Å²) in [5.41, 5.74) is 3.38. The molecule has 0 spiro atoms. The summed E-state index contributed by atoms with van der Waals surface area (Å²) in [6, 6.07) is 18.3. The highest BCUT2D eigenvalue weighted by Crippen LogP contribution is 2.28. The molecule has 1 aliphatic rings. The molecule has 0 bridgehead atoms. The highest BCUT2D eigenvalue weighted by atomic mass is 35.5. The lowest BCUT2D eigenvalue weighted by atomic mass is 9.95. The van der Waals surface area contributed by atoms with E-state index in [2.05, 4.69) is 34.9 Å². The fourth-order valence-electron chi connectivity index (χ4n) is 3.62. The number of nitrogens with one attached hydrogen (secondary N) is 2. The van der Waals surface area contributed by atoms with E-state index in [9.17, 15) is 13.2 Å². The summed E-state index contributed by atoms with van der Waals surface area (Å²) in [7, 11) is -3.48. The molecule has 1 saturated heterocycles. The molecule has 5 nitrogen and oxygen atoms in total. The molecule has 0 radical (unpaired) electrons. The van der Waals surface area contributed by atoms with Crippen molar-refractivity contribution in [3.63, 3.8) is 0 Å². The summed E-state index contributed by atoms with van der Waals surface area (Å²) < 4.78 is 23.3. The number of carbonyl (C=O) groups excluding carboxylic acids is 1. The van der Waals surface area contributed by atoms with Crippen LogP contribution in [0.5, 0.6) is 0 Å². The molecule has 1 aliphatic heterocycles. The Balaban J connectivity index is 0.00000280. The number of piperidine rings is 1. The zero-order chi connectivity index (χ0) is 19.3. The van der Waals surface area contributed by atoms with Gasteiger partial charge in [0.05, 0.1) is 0 Å². The lowest BCUT2D eigenvalue weighted by Crippen LogP contribution is -2.57. The van der Waals surface area contributed by atoms with Crippen molar-refractivity contribution in [1.29, 1.82) is 0 Å². The van der Waals surface area contributed by atoms with Crippen LogP contribution in [0, 0.1) is 0 Å². The monoisotopic (exact) mass is 422 g/mol. The van der Waals surface area contributed by atoms with E-state index in [1.54, 1.807) is 0 Å². The van der Waals surface area contributed by atoms with E-state index in [1.165, 1.54) is 6.26 Å². The number of sulfone groups is 1. The van der Waals surface area contributed by atoms with Crippen molar-refractivity contribution in [3.05, 3.63) is 60.2 Å². The molecule has 2 aromatic carbocycles. The predicted octanol–water partition coefficient (Wildman–Crippen LogP) is 2.60. The van der Waals surface area contributed by atoms with Crippen LogP contribution in [0.25, 0.3) is 11.1 Å². The maximum atomic E-state index is 12.7. The van der Waals surface area contributed by atoms with Crippen molar-refractivity contribution < 1.29 is 13.2 Å². The minimum Gasteiger partial charge on any atom is -0.354 e. The first-order chi connectivity index (χ1) is 12.9. The first-order valence-corrected chi connectivity index (χ1v) is 11.1. The fourth-order valence-corrected chi connectivity index (χ4v) is 4.97. The van der Waals surface area contributed by atoms with Gasteiger partial charge in [0, 0.05) is 12.8 Å². The number of hydrogen-bond acceptors (Lipinski definition) is 4.